The molecule has 2 aliphatic rings. The quantitative estimate of drug-likeness (QED) is 0.800. The maximum atomic E-state index is 6.31. The van der Waals surface area contributed by atoms with E-state index >= 15 is 0 Å². The molecule has 0 spiro atoms. The van der Waals surface area contributed by atoms with Gasteiger partial charge in [-0.25, -0.2) is 0 Å². The first-order valence-electron chi connectivity index (χ1n) is 5.80. The molecule has 0 aromatic heterocycles. The second-order valence-electron chi connectivity index (χ2n) is 4.71. The largest absolute Gasteiger partial charge is 0.375 e. The maximum absolute atomic E-state index is 6.31. The molecule has 1 aromatic carbocycles. The minimum atomic E-state index is 0.154. The van der Waals surface area contributed by atoms with Crippen molar-refractivity contribution in [1.29, 1.82) is 0 Å². The van der Waals surface area contributed by atoms with E-state index < -0.39 is 0 Å². The van der Waals surface area contributed by atoms with Gasteiger partial charge in [0, 0.05) is 12.0 Å². The Bertz CT molecular complexity index is 338. The van der Waals surface area contributed by atoms with Crippen molar-refractivity contribution in [3.05, 3.63) is 35.9 Å². The van der Waals surface area contributed by atoms with Crippen molar-refractivity contribution in [2.75, 3.05) is 0 Å². The molecular formula is C13H17NO. The summed E-state index contributed by atoms with van der Waals surface area (Å²) in [6.07, 6.45) is 4.51. The molecule has 2 N–H and O–H groups in total. The zero-order valence-electron chi connectivity index (χ0n) is 8.80. The molecule has 3 rings (SSSR count). The van der Waals surface area contributed by atoms with E-state index in [1.54, 1.807) is 0 Å². The summed E-state index contributed by atoms with van der Waals surface area (Å²) in [6, 6.07) is 10.6. The van der Waals surface area contributed by atoms with Crippen LogP contribution in [0.25, 0.3) is 0 Å². The Balaban J connectivity index is 1.78. The average Bonchev–Trinajstić information content (AvgIpc) is 2.91. The molecule has 4 atom stereocenters. The van der Waals surface area contributed by atoms with Crippen molar-refractivity contribution in [3.8, 4) is 0 Å². The summed E-state index contributed by atoms with van der Waals surface area (Å²) in [5, 5.41) is 0. The van der Waals surface area contributed by atoms with Gasteiger partial charge in [-0.1, -0.05) is 30.3 Å². The van der Waals surface area contributed by atoms with E-state index in [9.17, 15) is 0 Å². The lowest BCUT2D eigenvalue weighted by Gasteiger charge is -2.25. The van der Waals surface area contributed by atoms with Gasteiger partial charge in [0.25, 0.3) is 0 Å². The molecule has 4 unspecified atom stereocenters. The first-order valence-corrected chi connectivity index (χ1v) is 5.80. The SMILES string of the molecule is NC(c1ccccc1)C1CC2CCC1O2. The second-order valence-corrected chi connectivity index (χ2v) is 4.71. The Morgan fingerprint density at radius 3 is 2.60 bits per heavy atom. The van der Waals surface area contributed by atoms with Crippen LogP contribution in [0.3, 0.4) is 0 Å². The molecule has 2 saturated heterocycles. The van der Waals surface area contributed by atoms with E-state index in [4.69, 9.17) is 10.5 Å². The summed E-state index contributed by atoms with van der Waals surface area (Å²) in [4.78, 5) is 0. The first kappa shape index (κ1) is 9.37. The van der Waals surface area contributed by atoms with Crippen molar-refractivity contribution in [2.45, 2.75) is 37.5 Å². The van der Waals surface area contributed by atoms with E-state index in [-0.39, 0.29) is 6.04 Å². The van der Waals surface area contributed by atoms with Crippen molar-refractivity contribution >= 4 is 0 Å². The molecule has 2 fully saturated rings. The predicted octanol–water partition coefficient (Wildman–Crippen LogP) is 2.25. The third-order valence-corrected chi connectivity index (χ3v) is 3.80. The number of fused-ring (bicyclic) bond motifs is 2. The van der Waals surface area contributed by atoms with Crippen LogP contribution in [0.1, 0.15) is 30.9 Å². The van der Waals surface area contributed by atoms with Crippen molar-refractivity contribution in [1.82, 2.24) is 0 Å². The van der Waals surface area contributed by atoms with Gasteiger partial charge in [-0.2, -0.15) is 0 Å². The van der Waals surface area contributed by atoms with E-state index in [2.05, 4.69) is 24.3 Å². The maximum Gasteiger partial charge on any atom is 0.0627 e. The number of rotatable bonds is 2. The number of nitrogens with two attached hydrogens (primary N) is 1. The molecule has 15 heavy (non-hydrogen) atoms. The topological polar surface area (TPSA) is 35.2 Å². The average molecular weight is 203 g/mol. The number of ether oxygens (including phenoxy) is 1. The normalized spacial score (nSPS) is 35.7. The van der Waals surface area contributed by atoms with Crippen LogP contribution in [-0.4, -0.2) is 12.2 Å². The van der Waals surface area contributed by atoms with Gasteiger partial charge in [-0.15, -0.1) is 0 Å². The summed E-state index contributed by atoms with van der Waals surface area (Å²) in [5.41, 5.74) is 7.56. The highest BCUT2D eigenvalue weighted by molar-refractivity contribution is 5.20. The van der Waals surface area contributed by atoms with Gasteiger partial charge in [0.1, 0.15) is 0 Å². The molecule has 2 heteroatoms. The standard InChI is InChI=1S/C13H17NO/c14-13(9-4-2-1-3-5-9)11-8-10-6-7-12(11)15-10/h1-5,10-13H,6-8,14H2. The van der Waals surface area contributed by atoms with Crippen LogP contribution >= 0.6 is 0 Å². The lowest BCUT2D eigenvalue weighted by molar-refractivity contribution is 0.0885. The van der Waals surface area contributed by atoms with E-state index in [0.29, 0.717) is 18.1 Å². The zero-order chi connectivity index (χ0) is 10.3. The van der Waals surface area contributed by atoms with Gasteiger partial charge in [0.15, 0.2) is 0 Å². The summed E-state index contributed by atoms with van der Waals surface area (Å²) in [6.45, 7) is 0. The Kier molecular flexibility index (Phi) is 2.26. The third kappa shape index (κ3) is 1.58. The molecular weight excluding hydrogens is 186 g/mol. The molecule has 1 aromatic rings. The summed E-state index contributed by atoms with van der Waals surface area (Å²) in [7, 11) is 0. The van der Waals surface area contributed by atoms with E-state index in [1.807, 2.05) is 6.07 Å². The van der Waals surface area contributed by atoms with Gasteiger partial charge in [0.2, 0.25) is 0 Å². The van der Waals surface area contributed by atoms with Crippen LogP contribution in [-0.2, 0) is 4.74 Å². The molecule has 2 nitrogen and oxygen atoms in total. The summed E-state index contributed by atoms with van der Waals surface area (Å²) in [5.74, 6) is 0.533. The Morgan fingerprint density at radius 1 is 1.20 bits per heavy atom. The number of benzene rings is 1. The highest BCUT2D eigenvalue weighted by atomic mass is 16.5. The summed E-state index contributed by atoms with van der Waals surface area (Å²) >= 11 is 0. The second kappa shape index (κ2) is 3.62. The van der Waals surface area contributed by atoms with Gasteiger partial charge in [-0.3, -0.25) is 0 Å². The van der Waals surface area contributed by atoms with Crippen LogP contribution in [0.4, 0.5) is 0 Å². The number of hydrogen-bond acceptors (Lipinski definition) is 2. The monoisotopic (exact) mass is 203 g/mol. The van der Waals surface area contributed by atoms with Crippen molar-refractivity contribution in [2.24, 2.45) is 11.7 Å². The highest BCUT2D eigenvalue weighted by Gasteiger charge is 2.43. The molecule has 80 valence electrons. The van der Waals surface area contributed by atoms with Crippen LogP contribution in [0.5, 0.6) is 0 Å². The van der Waals surface area contributed by atoms with Crippen LogP contribution in [0, 0.1) is 5.92 Å². The molecule has 2 heterocycles. The molecule has 0 amide bonds. The molecule has 0 saturated carbocycles. The summed E-state index contributed by atoms with van der Waals surface area (Å²) < 4.78 is 5.85. The Labute approximate surface area is 90.4 Å². The van der Waals surface area contributed by atoms with Crippen molar-refractivity contribution < 1.29 is 4.74 Å². The zero-order valence-corrected chi connectivity index (χ0v) is 8.80. The molecule has 2 aliphatic heterocycles. The van der Waals surface area contributed by atoms with Gasteiger partial charge in [0.05, 0.1) is 12.2 Å². The fraction of sp³-hybridized carbons (Fsp3) is 0.538. The Hall–Kier alpha value is -0.860. The number of hydrogen-bond donors (Lipinski definition) is 1. The lowest BCUT2D eigenvalue weighted by atomic mass is 9.81. The molecule has 0 radical (unpaired) electrons. The third-order valence-electron chi connectivity index (χ3n) is 3.80. The van der Waals surface area contributed by atoms with Gasteiger partial charge >= 0.3 is 0 Å². The van der Waals surface area contributed by atoms with Crippen LogP contribution < -0.4 is 5.73 Å². The molecule has 2 bridgehead atoms. The van der Waals surface area contributed by atoms with E-state index in [0.717, 1.165) is 6.42 Å². The fourth-order valence-electron chi connectivity index (χ4n) is 2.98. The Morgan fingerprint density at radius 2 is 2.00 bits per heavy atom. The first-order chi connectivity index (χ1) is 7.34. The smallest absolute Gasteiger partial charge is 0.0627 e. The van der Waals surface area contributed by atoms with Gasteiger partial charge < -0.3 is 10.5 Å². The van der Waals surface area contributed by atoms with Crippen molar-refractivity contribution in [3.63, 3.8) is 0 Å². The highest BCUT2D eigenvalue weighted by Crippen LogP contribution is 2.43. The van der Waals surface area contributed by atoms with Crippen LogP contribution in [0.2, 0.25) is 0 Å². The lowest BCUT2D eigenvalue weighted by Crippen LogP contribution is -2.29. The molecule has 0 aliphatic carbocycles. The predicted molar refractivity (Wildman–Crippen MR) is 59.4 cm³/mol. The van der Waals surface area contributed by atoms with Gasteiger partial charge in [-0.05, 0) is 24.8 Å². The van der Waals surface area contributed by atoms with E-state index in [1.165, 1.54) is 18.4 Å². The minimum Gasteiger partial charge on any atom is -0.375 e. The van der Waals surface area contributed by atoms with Crippen LogP contribution in [0.15, 0.2) is 30.3 Å². The minimum absolute atomic E-state index is 0.154. The fourth-order valence-corrected chi connectivity index (χ4v) is 2.98.